The van der Waals surface area contributed by atoms with E-state index < -0.39 is 16.7 Å². The summed E-state index contributed by atoms with van der Waals surface area (Å²) in [7, 11) is 0. The largest absolute Gasteiger partial charge is 0.325 e. The van der Waals surface area contributed by atoms with Gasteiger partial charge in [0.15, 0.2) is 0 Å². The third kappa shape index (κ3) is 1.53. The number of carbonyl (C=O) groups excluding carboxylic acids is 1. The molecular weight excluding hydrogens is 188 g/mol. The van der Waals surface area contributed by atoms with Crippen molar-refractivity contribution in [2.24, 2.45) is 0 Å². The van der Waals surface area contributed by atoms with Gasteiger partial charge in [-0.25, -0.2) is 8.78 Å². The van der Waals surface area contributed by atoms with Crippen LogP contribution in [0.4, 0.5) is 14.5 Å². The Morgan fingerprint density at radius 3 is 2.50 bits per heavy atom. The molecule has 12 heavy (non-hydrogen) atoms. The number of hydrogen-bond acceptors (Lipinski definition) is 1. The van der Waals surface area contributed by atoms with Crippen molar-refractivity contribution < 1.29 is 13.6 Å². The molecule has 1 aromatic rings. The molecule has 64 valence electrons. The van der Waals surface area contributed by atoms with E-state index in [4.69, 9.17) is 11.6 Å². The van der Waals surface area contributed by atoms with E-state index in [-0.39, 0.29) is 12.1 Å². The van der Waals surface area contributed by atoms with Gasteiger partial charge in [0.2, 0.25) is 6.41 Å². The SMILES string of the molecule is O=CNc1c(F)ccc(F)c1Cl. The molecule has 0 saturated carbocycles. The number of amides is 1. The molecule has 0 fully saturated rings. The van der Waals surface area contributed by atoms with E-state index in [0.29, 0.717) is 0 Å². The minimum atomic E-state index is -0.776. The van der Waals surface area contributed by atoms with E-state index in [1.54, 1.807) is 0 Å². The van der Waals surface area contributed by atoms with Crippen molar-refractivity contribution in [3.63, 3.8) is 0 Å². The quantitative estimate of drug-likeness (QED) is 0.564. The molecule has 0 aromatic heterocycles. The molecule has 1 N–H and O–H groups in total. The summed E-state index contributed by atoms with van der Waals surface area (Å²) >= 11 is 5.34. The van der Waals surface area contributed by atoms with Gasteiger partial charge in [-0.3, -0.25) is 4.79 Å². The summed E-state index contributed by atoms with van der Waals surface area (Å²) in [4.78, 5) is 9.93. The number of hydrogen-bond donors (Lipinski definition) is 1. The maximum absolute atomic E-state index is 12.7. The molecule has 0 aliphatic rings. The van der Waals surface area contributed by atoms with Crippen LogP contribution in [0.25, 0.3) is 0 Å². The summed E-state index contributed by atoms with van der Waals surface area (Å²) in [5.41, 5.74) is -0.341. The average molecular weight is 192 g/mol. The molecule has 0 spiro atoms. The minimum absolute atomic E-state index is 0.226. The van der Waals surface area contributed by atoms with Crippen molar-refractivity contribution in [1.29, 1.82) is 0 Å². The highest BCUT2D eigenvalue weighted by Crippen LogP contribution is 2.26. The van der Waals surface area contributed by atoms with Gasteiger partial charge in [0, 0.05) is 0 Å². The normalized spacial score (nSPS) is 9.58. The maximum Gasteiger partial charge on any atom is 0.211 e. The zero-order valence-corrected chi connectivity index (χ0v) is 6.53. The highest BCUT2D eigenvalue weighted by atomic mass is 35.5. The van der Waals surface area contributed by atoms with Gasteiger partial charge in [-0.15, -0.1) is 0 Å². The van der Waals surface area contributed by atoms with Gasteiger partial charge < -0.3 is 5.32 Å². The van der Waals surface area contributed by atoms with Crippen LogP contribution in [0.15, 0.2) is 12.1 Å². The monoisotopic (exact) mass is 191 g/mol. The minimum Gasteiger partial charge on any atom is -0.325 e. The third-order valence-electron chi connectivity index (χ3n) is 1.25. The summed E-state index contributed by atoms with van der Waals surface area (Å²) in [6, 6.07) is 1.76. The van der Waals surface area contributed by atoms with E-state index in [1.165, 1.54) is 0 Å². The van der Waals surface area contributed by atoms with Crippen LogP contribution in [-0.4, -0.2) is 6.41 Å². The molecule has 1 amide bonds. The van der Waals surface area contributed by atoms with Gasteiger partial charge in [-0.05, 0) is 12.1 Å². The van der Waals surface area contributed by atoms with Crippen LogP contribution in [0.5, 0.6) is 0 Å². The fourth-order valence-corrected chi connectivity index (χ4v) is 0.926. The number of nitrogens with one attached hydrogen (secondary N) is 1. The lowest BCUT2D eigenvalue weighted by Crippen LogP contribution is -1.99. The summed E-state index contributed by atoms with van der Waals surface area (Å²) < 4.78 is 25.4. The van der Waals surface area contributed by atoms with Gasteiger partial charge >= 0.3 is 0 Å². The Morgan fingerprint density at radius 2 is 1.92 bits per heavy atom. The van der Waals surface area contributed by atoms with Crippen molar-refractivity contribution in [3.05, 3.63) is 28.8 Å². The molecule has 0 radical (unpaired) electrons. The Balaban J connectivity index is 3.22. The van der Waals surface area contributed by atoms with Crippen LogP contribution in [-0.2, 0) is 4.79 Å². The summed E-state index contributed by atoms with van der Waals surface area (Å²) in [6.45, 7) is 0. The highest BCUT2D eigenvalue weighted by Gasteiger charge is 2.10. The fourth-order valence-electron chi connectivity index (χ4n) is 0.718. The molecular formula is C7H4ClF2NO. The lowest BCUT2D eigenvalue weighted by Gasteiger charge is -2.03. The molecule has 5 heteroatoms. The number of halogens is 3. The number of benzene rings is 1. The Kier molecular flexibility index (Phi) is 2.60. The molecule has 0 unspecified atom stereocenters. The van der Waals surface area contributed by atoms with Crippen LogP contribution in [0.2, 0.25) is 5.02 Å². The molecule has 2 nitrogen and oxygen atoms in total. The van der Waals surface area contributed by atoms with Gasteiger partial charge in [0.1, 0.15) is 16.7 Å². The predicted octanol–water partition coefficient (Wildman–Crippen LogP) is 2.19. The lowest BCUT2D eigenvalue weighted by molar-refractivity contribution is -0.105. The topological polar surface area (TPSA) is 29.1 Å². The van der Waals surface area contributed by atoms with Gasteiger partial charge in [0.25, 0.3) is 0 Å². The molecule has 0 saturated heterocycles. The van der Waals surface area contributed by atoms with Crippen molar-refractivity contribution in [2.75, 3.05) is 5.32 Å². The smallest absolute Gasteiger partial charge is 0.211 e. The zero-order chi connectivity index (χ0) is 9.14. The first-order valence-corrected chi connectivity index (χ1v) is 3.38. The van der Waals surface area contributed by atoms with Crippen LogP contribution in [0, 0.1) is 11.6 Å². The van der Waals surface area contributed by atoms with E-state index in [0.717, 1.165) is 12.1 Å². The van der Waals surface area contributed by atoms with Crippen LogP contribution < -0.4 is 5.32 Å². The first-order chi connectivity index (χ1) is 5.66. The first kappa shape index (κ1) is 8.93. The molecule has 0 heterocycles. The van der Waals surface area contributed by atoms with Crippen molar-refractivity contribution in [3.8, 4) is 0 Å². The van der Waals surface area contributed by atoms with Crippen molar-refractivity contribution in [2.45, 2.75) is 0 Å². The van der Waals surface area contributed by atoms with E-state index in [9.17, 15) is 13.6 Å². The van der Waals surface area contributed by atoms with E-state index >= 15 is 0 Å². The second kappa shape index (κ2) is 3.49. The van der Waals surface area contributed by atoms with Gasteiger partial charge in [-0.2, -0.15) is 0 Å². The Morgan fingerprint density at radius 1 is 1.33 bits per heavy atom. The standard InChI is InChI=1S/C7H4ClF2NO/c8-6-4(9)1-2-5(10)7(6)11-3-12/h1-3H,(H,11,12). The van der Waals surface area contributed by atoms with Crippen LogP contribution in [0.1, 0.15) is 0 Å². The fraction of sp³-hybridized carbons (Fsp3) is 0. The maximum atomic E-state index is 12.7. The molecule has 1 rings (SSSR count). The van der Waals surface area contributed by atoms with Gasteiger partial charge in [0.05, 0.1) is 5.69 Å². The summed E-state index contributed by atoms with van der Waals surface area (Å²) in [5.74, 6) is -1.55. The molecule has 0 aliphatic heterocycles. The van der Waals surface area contributed by atoms with Crippen molar-refractivity contribution in [1.82, 2.24) is 0 Å². The second-order valence-corrected chi connectivity index (χ2v) is 2.36. The van der Waals surface area contributed by atoms with E-state index in [1.807, 2.05) is 5.32 Å². The average Bonchev–Trinajstić information content (AvgIpc) is 2.06. The number of anilines is 1. The lowest BCUT2D eigenvalue weighted by atomic mass is 10.3. The Labute approximate surface area is 72.1 Å². The molecule has 0 atom stereocenters. The van der Waals surface area contributed by atoms with Crippen LogP contribution in [0.3, 0.4) is 0 Å². The summed E-state index contributed by atoms with van der Waals surface area (Å²) in [6.07, 6.45) is 0.226. The first-order valence-electron chi connectivity index (χ1n) is 3.00. The number of rotatable bonds is 2. The van der Waals surface area contributed by atoms with Gasteiger partial charge in [-0.1, -0.05) is 11.6 Å². The number of carbonyl (C=O) groups is 1. The summed E-state index contributed by atoms with van der Waals surface area (Å²) in [5, 5.41) is 1.53. The molecule has 0 aliphatic carbocycles. The third-order valence-corrected chi connectivity index (χ3v) is 1.62. The Hall–Kier alpha value is -1.16. The van der Waals surface area contributed by atoms with Crippen LogP contribution >= 0.6 is 11.6 Å². The molecule has 1 aromatic carbocycles. The predicted molar refractivity (Wildman–Crippen MR) is 41.1 cm³/mol. The van der Waals surface area contributed by atoms with E-state index in [2.05, 4.69) is 0 Å². The Bertz CT molecular complexity index is 317. The molecule has 0 bridgehead atoms. The zero-order valence-electron chi connectivity index (χ0n) is 5.77. The highest BCUT2D eigenvalue weighted by molar-refractivity contribution is 6.33. The second-order valence-electron chi connectivity index (χ2n) is 1.98. The van der Waals surface area contributed by atoms with Crippen molar-refractivity contribution >= 4 is 23.7 Å².